The number of amides is 1. The number of halogens is 1. The van der Waals surface area contributed by atoms with Crippen molar-refractivity contribution in [2.75, 3.05) is 25.0 Å². The Kier molecular flexibility index (Phi) is 6.10. The van der Waals surface area contributed by atoms with Crippen molar-refractivity contribution in [3.05, 3.63) is 22.8 Å². The van der Waals surface area contributed by atoms with Crippen LogP contribution in [0.3, 0.4) is 0 Å². The Morgan fingerprint density at radius 3 is 2.84 bits per heavy atom. The Labute approximate surface area is 118 Å². The van der Waals surface area contributed by atoms with E-state index in [4.69, 9.17) is 16.9 Å². The van der Waals surface area contributed by atoms with E-state index in [1.807, 2.05) is 19.9 Å². The summed E-state index contributed by atoms with van der Waals surface area (Å²) in [5.74, 6) is 0.413. The molecule has 0 aliphatic heterocycles. The van der Waals surface area contributed by atoms with Crippen molar-refractivity contribution >= 4 is 23.3 Å². The van der Waals surface area contributed by atoms with Crippen LogP contribution in [0, 0.1) is 11.3 Å². The first-order valence-corrected chi connectivity index (χ1v) is 6.57. The molecule has 1 N–H and O–H groups in total. The average molecular weight is 281 g/mol. The number of carbonyl (C=O) groups excluding carboxylic acids is 1. The van der Waals surface area contributed by atoms with Crippen LogP contribution in [0.25, 0.3) is 0 Å². The average Bonchev–Trinajstić information content (AvgIpc) is 2.42. The van der Waals surface area contributed by atoms with Crippen molar-refractivity contribution < 1.29 is 4.79 Å². The highest BCUT2D eigenvalue weighted by molar-refractivity contribution is 6.33. The highest BCUT2D eigenvalue weighted by Gasteiger charge is 2.15. The minimum atomic E-state index is -0.157. The second-order valence-corrected chi connectivity index (χ2v) is 4.28. The van der Waals surface area contributed by atoms with Gasteiger partial charge in [0.25, 0.3) is 5.91 Å². The van der Waals surface area contributed by atoms with Gasteiger partial charge < -0.3 is 10.2 Å². The van der Waals surface area contributed by atoms with E-state index in [2.05, 4.69) is 10.3 Å². The van der Waals surface area contributed by atoms with Crippen molar-refractivity contribution in [1.82, 2.24) is 9.88 Å². The van der Waals surface area contributed by atoms with E-state index in [1.165, 1.54) is 6.20 Å². The summed E-state index contributed by atoms with van der Waals surface area (Å²) < 4.78 is 0. The van der Waals surface area contributed by atoms with E-state index in [0.717, 1.165) is 0 Å². The quantitative estimate of drug-likeness (QED) is 0.869. The number of pyridine rings is 1. The molecular weight excluding hydrogens is 264 g/mol. The van der Waals surface area contributed by atoms with Gasteiger partial charge in [-0.3, -0.25) is 4.79 Å². The van der Waals surface area contributed by atoms with Gasteiger partial charge in [0.2, 0.25) is 0 Å². The van der Waals surface area contributed by atoms with E-state index in [1.54, 1.807) is 11.0 Å². The molecule has 1 aromatic heterocycles. The van der Waals surface area contributed by atoms with Crippen molar-refractivity contribution in [3.63, 3.8) is 0 Å². The lowest BCUT2D eigenvalue weighted by Crippen LogP contribution is -2.31. The van der Waals surface area contributed by atoms with Gasteiger partial charge in [-0.15, -0.1) is 0 Å². The largest absolute Gasteiger partial charge is 0.369 e. The Morgan fingerprint density at radius 2 is 2.32 bits per heavy atom. The van der Waals surface area contributed by atoms with Gasteiger partial charge in [0, 0.05) is 25.8 Å². The molecule has 19 heavy (non-hydrogen) atoms. The maximum Gasteiger partial charge on any atom is 0.255 e. The Morgan fingerprint density at radius 1 is 1.58 bits per heavy atom. The van der Waals surface area contributed by atoms with Crippen molar-refractivity contribution in [1.29, 1.82) is 5.26 Å². The molecule has 0 aliphatic carbocycles. The van der Waals surface area contributed by atoms with E-state index in [0.29, 0.717) is 42.5 Å². The molecule has 0 fully saturated rings. The minimum Gasteiger partial charge on any atom is -0.369 e. The number of hydrogen-bond donors (Lipinski definition) is 1. The van der Waals surface area contributed by atoms with Gasteiger partial charge in [-0.2, -0.15) is 5.26 Å². The molecule has 1 aromatic rings. The lowest BCUT2D eigenvalue weighted by molar-refractivity contribution is 0.0767. The Bertz CT molecular complexity index is 484. The SMILES string of the molecule is CCNc1ncc(C(=O)N(CC)CCC#N)cc1Cl. The predicted molar refractivity (Wildman–Crippen MR) is 75.2 cm³/mol. The lowest BCUT2D eigenvalue weighted by atomic mass is 10.2. The zero-order valence-electron chi connectivity index (χ0n) is 11.1. The first kappa shape index (κ1) is 15.3. The Hall–Kier alpha value is -1.80. The smallest absolute Gasteiger partial charge is 0.255 e. The fourth-order valence-electron chi connectivity index (χ4n) is 1.62. The van der Waals surface area contributed by atoms with Crippen LogP contribution >= 0.6 is 11.6 Å². The molecule has 0 spiro atoms. The summed E-state index contributed by atoms with van der Waals surface area (Å²) in [7, 11) is 0. The summed E-state index contributed by atoms with van der Waals surface area (Å²) in [6, 6.07) is 3.63. The molecule has 1 rings (SSSR count). The van der Waals surface area contributed by atoms with E-state index >= 15 is 0 Å². The molecule has 102 valence electrons. The number of rotatable bonds is 6. The number of nitrogens with one attached hydrogen (secondary N) is 1. The van der Waals surface area contributed by atoms with Crippen LogP contribution in [0.2, 0.25) is 5.02 Å². The molecule has 0 aliphatic rings. The molecule has 0 saturated carbocycles. The summed E-state index contributed by atoms with van der Waals surface area (Å²) >= 11 is 6.06. The molecule has 1 heterocycles. The van der Waals surface area contributed by atoms with E-state index < -0.39 is 0 Å². The van der Waals surface area contributed by atoms with Crippen LogP contribution in [0.1, 0.15) is 30.6 Å². The first-order chi connectivity index (χ1) is 9.13. The third kappa shape index (κ3) is 4.11. The van der Waals surface area contributed by atoms with E-state index in [9.17, 15) is 4.79 Å². The van der Waals surface area contributed by atoms with Gasteiger partial charge in [0.05, 0.1) is 23.1 Å². The highest BCUT2D eigenvalue weighted by Crippen LogP contribution is 2.20. The Balaban J connectivity index is 2.87. The maximum absolute atomic E-state index is 12.2. The van der Waals surface area contributed by atoms with Gasteiger partial charge in [0.1, 0.15) is 5.82 Å². The fourth-order valence-corrected chi connectivity index (χ4v) is 1.86. The summed E-state index contributed by atoms with van der Waals surface area (Å²) in [6.07, 6.45) is 1.82. The number of hydrogen-bond acceptors (Lipinski definition) is 4. The summed E-state index contributed by atoms with van der Waals surface area (Å²) in [6.45, 7) is 5.49. The zero-order chi connectivity index (χ0) is 14.3. The number of carbonyl (C=O) groups is 1. The topological polar surface area (TPSA) is 69.0 Å². The van der Waals surface area contributed by atoms with Gasteiger partial charge in [-0.1, -0.05) is 11.6 Å². The summed E-state index contributed by atoms with van der Waals surface area (Å²) in [5.41, 5.74) is 0.437. The molecule has 0 radical (unpaired) electrons. The molecule has 1 amide bonds. The zero-order valence-corrected chi connectivity index (χ0v) is 11.9. The second-order valence-electron chi connectivity index (χ2n) is 3.88. The van der Waals surface area contributed by atoms with Crippen molar-refractivity contribution in [2.45, 2.75) is 20.3 Å². The molecular formula is C13H17ClN4O. The molecule has 0 bridgehead atoms. The molecule has 0 unspecified atom stereocenters. The monoisotopic (exact) mass is 280 g/mol. The standard InChI is InChI=1S/C13H17ClN4O/c1-3-16-12-11(14)8-10(9-17-12)13(19)18(4-2)7-5-6-15/h8-9H,3-5,7H2,1-2H3,(H,16,17). The number of nitriles is 1. The molecule has 6 heteroatoms. The molecule has 0 atom stereocenters. The van der Waals surface area contributed by atoms with Crippen LogP contribution < -0.4 is 5.32 Å². The van der Waals surface area contributed by atoms with Gasteiger partial charge >= 0.3 is 0 Å². The molecule has 0 saturated heterocycles. The van der Waals surface area contributed by atoms with Crippen LogP contribution in [0.15, 0.2) is 12.3 Å². The van der Waals surface area contributed by atoms with Crippen molar-refractivity contribution in [2.24, 2.45) is 0 Å². The number of aromatic nitrogens is 1. The lowest BCUT2D eigenvalue weighted by Gasteiger charge is -2.19. The maximum atomic E-state index is 12.2. The van der Waals surface area contributed by atoms with E-state index in [-0.39, 0.29) is 5.91 Å². The van der Waals surface area contributed by atoms with Gasteiger partial charge in [-0.05, 0) is 19.9 Å². The summed E-state index contributed by atoms with van der Waals surface area (Å²) in [5, 5.41) is 12.0. The third-order valence-electron chi connectivity index (χ3n) is 2.59. The van der Waals surface area contributed by atoms with Crippen LogP contribution in [-0.4, -0.2) is 35.4 Å². The van der Waals surface area contributed by atoms with Gasteiger partial charge in [0.15, 0.2) is 0 Å². The second kappa shape index (κ2) is 7.59. The highest BCUT2D eigenvalue weighted by atomic mass is 35.5. The van der Waals surface area contributed by atoms with Crippen LogP contribution in [0.5, 0.6) is 0 Å². The number of nitrogens with zero attached hydrogens (tertiary/aromatic N) is 3. The number of anilines is 1. The summed E-state index contributed by atoms with van der Waals surface area (Å²) in [4.78, 5) is 17.9. The van der Waals surface area contributed by atoms with Crippen LogP contribution in [0.4, 0.5) is 5.82 Å². The van der Waals surface area contributed by atoms with Gasteiger partial charge in [-0.25, -0.2) is 4.98 Å². The predicted octanol–water partition coefficient (Wildman–Crippen LogP) is 2.54. The van der Waals surface area contributed by atoms with Crippen LogP contribution in [-0.2, 0) is 0 Å². The molecule has 5 nitrogen and oxygen atoms in total. The third-order valence-corrected chi connectivity index (χ3v) is 2.88. The normalized spacial score (nSPS) is 9.79. The fraction of sp³-hybridized carbons (Fsp3) is 0.462. The van der Waals surface area contributed by atoms with Crippen molar-refractivity contribution in [3.8, 4) is 6.07 Å². The molecule has 0 aromatic carbocycles. The first-order valence-electron chi connectivity index (χ1n) is 6.19. The minimum absolute atomic E-state index is 0.157.